The molecule has 0 unspecified atom stereocenters. The normalized spacial score (nSPS) is 15.4. The number of halogens is 2. The Labute approximate surface area is 215 Å². The molecule has 6 nitrogen and oxygen atoms in total. The summed E-state index contributed by atoms with van der Waals surface area (Å²) in [4.78, 5) is 34.2. The van der Waals surface area contributed by atoms with Crippen LogP contribution in [0.15, 0.2) is 88.9 Å². The highest BCUT2D eigenvalue weighted by molar-refractivity contribution is 8.18. The van der Waals surface area contributed by atoms with E-state index in [9.17, 15) is 14.0 Å². The van der Waals surface area contributed by atoms with Crippen molar-refractivity contribution in [2.45, 2.75) is 6.42 Å². The van der Waals surface area contributed by atoms with Crippen molar-refractivity contribution in [2.75, 3.05) is 5.32 Å². The Morgan fingerprint density at radius 3 is 2.78 bits per heavy atom. The number of carbonyl (C=O) groups is 2. The Bertz CT molecular complexity index is 1550. The number of aliphatic imine (C=N–C) groups is 1. The minimum absolute atomic E-state index is 0.0949. The SMILES string of the molecule is O=C(Cc1ccc(F)cc1)Nc1ccc(Cl)c(N=C2NC(=O)C(=Cc3ccc4ncccc4c3)S2)c1. The zero-order valence-electron chi connectivity index (χ0n) is 18.7. The molecule has 0 atom stereocenters. The van der Waals surface area contributed by atoms with Crippen molar-refractivity contribution in [3.8, 4) is 0 Å². The lowest BCUT2D eigenvalue weighted by molar-refractivity contribution is -0.116. The third-order valence-corrected chi connectivity index (χ3v) is 6.54. The summed E-state index contributed by atoms with van der Waals surface area (Å²) in [5.41, 5.74) is 3.34. The lowest BCUT2D eigenvalue weighted by Gasteiger charge is -2.08. The van der Waals surface area contributed by atoms with E-state index >= 15 is 0 Å². The molecule has 5 rings (SSSR count). The first kappa shape index (κ1) is 23.7. The Morgan fingerprint density at radius 1 is 1.11 bits per heavy atom. The fourth-order valence-corrected chi connectivity index (χ4v) is 4.59. The van der Waals surface area contributed by atoms with Gasteiger partial charge in [-0.3, -0.25) is 14.6 Å². The maximum Gasteiger partial charge on any atom is 0.264 e. The van der Waals surface area contributed by atoms with E-state index in [-0.39, 0.29) is 24.1 Å². The third kappa shape index (κ3) is 5.62. The van der Waals surface area contributed by atoms with Crippen LogP contribution in [0.25, 0.3) is 17.0 Å². The van der Waals surface area contributed by atoms with Gasteiger partial charge >= 0.3 is 0 Å². The third-order valence-electron chi connectivity index (χ3n) is 5.31. The lowest BCUT2D eigenvalue weighted by atomic mass is 10.1. The van der Waals surface area contributed by atoms with Crippen LogP contribution in [0, 0.1) is 5.82 Å². The molecule has 178 valence electrons. The van der Waals surface area contributed by atoms with Crippen LogP contribution < -0.4 is 10.6 Å². The molecule has 2 amide bonds. The van der Waals surface area contributed by atoms with Crippen molar-refractivity contribution >= 4 is 68.7 Å². The summed E-state index contributed by atoms with van der Waals surface area (Å²) in [6.07, 6.45) is 3.63. The van der Waals surface area contributed by atoms with Gasteiger partial charge in [0.15, 0.2) is 5.17 Å². The number of amidine groups is 1. The average molecular weight is 517 g/mol. The molecule has 1 aliphatic heterocycles. The second kappa shape index (κ2) is 10.3. The molecule has 0 aliphatic carbocycles. The van der Waals surface area contributed by atoms with Gasteiger partial charge < -0.3 is 10.6 Å². The quantitative estimate of drug-likeness (QED) is 0.314. The minimum Gasteiger partial charge on any atom is -0.326 e. The molecule has 0 saturated carbocycles. The fourth-order valence-electron chi connectivity index (χ4n) is 3.59. The maximum absolute atomic E-state index is 13.1. The number of anilines is 1. The van der Waals surface area contributed by atoms with E-state index in [0.717, 1.165) is 16.5 Å². The Hall–Kier alpha value is -4.01. The second-order valence-electron chi connectivity index (χ2n) is 7.95. The summed E-state index contributed by atoms with van der Waals surface area (Å²) < 4.78 is 13.1. The standard InChI is InChI=1S/C27H18ClFN4O2S/c28-21-9-8-20(31-25(34)14-16-3-6-19(29)7-4-16)15-23(21)32-27-33-26(35)24(36-27)13-17-5-10-22-18(12-17)2-1-11-30-22/h1-13,15H,14H2,(H,31,34)(H,32,33,35). The van der Waals surface area contributed by atoms with Crippen LogP contribution in [0.2, 0.25) is 5.02 Å². The average Bonchev–Trinajstić information content (AvgIpc) is 3.21. The molecule has 1 aromatic heterocycles. The number of rotatable bonds is 5. The number of hydrogen-bond donors (Lipinski definition) is 2. The van der Waals surface area contributed by atoms with Crippen LogP contribution in [0.5, 0.6) is 0 Å². The fraction of sp³-hybridized carbons (Fsp3) is 0.0370. The van der Waals surface area contributed by atoms with Crippen LogP contribution in [0.3, 0.4) is 0 Å². The van der Waals surface area contributed by atoms with Gasteiger partial charge in [0.2, 0.25) is 5.91 Å². The highest BCUT2D eigenvalue weighted by Gasteiger charge is 2.24. The summed E-state index contributed by atoms with van der Waals surface area (Å²) in [5, 5.41) is 7.27. The topological polar surface area (TPSA) is 83.5 Å². The molecule has 1 fully saturated rings. The van der Waals surface area contributed by atoms with E-state index < -0.39 is 0 Å². The van der Waals surface area contributed by atoms with Gasteiger partial charge in [0.25, 0.3) is 5.91 Å². The molecule has 9 heteroatoms. The number of nitrogens with zero attached hydrogens (tertiary/aromatic N) is 2. The van der Waals surface area contributed by atoms with Gasteiger partial charge in [-0.05, 0) is 77.5 Å². The monoisotopic (exact) mass is 516 g/mol. The number of fused-ring (bicyclic) bond motifs is 1. The van der Waals surface area contributed by atoms with Crippen LogP contribution in [0.4, 0.5) is 15.8 Å². The van der Waals surface area contributed by atoms with Gasteiger partial charge in [0.1, 0.15) is 5.82 Å². The maximum atomic E-state index is 13.1. The zero-order chi connectivity index (χ0) is 25.1. The number of benzene rings is 3. The molecule has 0 radical (unpaired) electrons. The van der Waals surface area contributed by atoms with Crippen LogP contribution >= 0.6 is 23.4 Å². The molecule has 36 heavy (non-hydrogen) atoms. The number of carbonyl (C=O) groups excluding carboxylic acids is 2. The van der Waals surface area contributed by atoms with E-state index in [1.807, 2.05) is 30.3 Å². The Kier molecular flexibility index (Phi) is 6.79. The summed E-state index contributed by atoms with van der Waals surface area (Å²) in [6, 6.07) is 20.3. The number of hydrogen-bond acceptors (Lipinski definition) is 5. The van der Waals surface area contributed by atoms with Crippen molar-refractivity contribution in [3.05, 3.63) is 106 Å². The van der Waals surface area contributed by atoms with Gasteiger partial charge in [0, 0.05) is 17.3 Å². The highest BCUT2D eigenvalue weighted by Crippen LogP contribution is 2.33. The summed E-state index contributed by atoms with van der Waals surface area (Å²) in [6.45, 7) is 0. The van der Waals surface area contributed by atoms with Crippen LogP contribution in [-0.2, 0) is 16.0 Å². The second-order valence-corrected chi connectivity index (χ2v) is 9.39. The summed E-state index contributed by atoms with van der Waals surface area (Å²) in [5.74, 6) is -0.878. The first-order chi connectivity index (χ1) is 17.4. The molecule has 0 spiro atoms. The first-order valence-corrected chi connectivity index (χ1v) is 12.1. The smallest absolute Gasteiger partial charge is 0.264 e. The largest absolute Gasteiger partial charge is 0.326 e. The van der Waals surface area contributed by atoms with Gasteiger partial charge in [-0.25, -0.2) is 9.38 Å². The molecular formula is C27H18ClFN4O2S. The molecule has 3 aromatic carbocycles. The van der Waals surface area contributed by atoms with E-state index in [4.69, 9.17) is 11.6 Å². The van der Waals surface area contributed by atoms with E-state index in [2.05, 4.69) is 20.6 Å². The Morgan fingerprint density at radius 2 is 1.94 bits per heavy atom. The molecule has 4 aromatic rings. The van der Waals surface area contributed by atoms with Crippen LogP contribution in [-0.4, -0.2) is 22.0 Å². The summed E-state index contributed by atoms with van der Waals surface area (Å²) in [7, 11) is 0. The summed E-state index contributed by atoms with van der Waals surface area (Å²) >= 11 is 7.52. The van der Waals surface area contributed by atoms with Gasteiger partial charge in [-0.2, -0.15) is 0 Å². The Balaban J connectivity index is 1.31. The number of amides is 2. The van der Waals surface area contributed by atoms with Crippen molar-refractivity contribution in [1.82, 2.24) is 10.3 Å². The van der Waals surface area contributed by atoms with E-state index in [1.165, 1.54) is 23.9 Å². The molecule has 1 saturated heterocycles. The minimum atomic E-state index is -0.356. The first-order valence-electron chi connectivity index (χ1n) is 10.9. The molecular weight excluding hydrogens is 499 g/mol. The highest BCUT2D eigenvalue weighted by atomic mass is 35.5. The van der Waals surface area contributed by atoms with Crippen LogP contribution in [0.1, 0.15) is 11.1 Å². The lowest BCUT2D eigenvalue weighted by Crippen LogP contribution is -2.19. The predicted molar refractivity (Wildman–Crippen MR) is 143 cm³/mol. The van der Waals surface area contributed by atoms with E-state index in [1.54, 1.807) is 42.6 Å². The van der Waals surface area contributed by atoms with Gasteiger partial charge in [-0.15, -0.1) is 0 Å². The zero-order valence-corrected chi connectivity index (χ0v) is 20.2. The van der Waals surface area contributed by atoms with E-state index in [0.29, 0.717) is 32.0 Å². The predicted octanol–water partition coefficient (Wildman–Crippen LogP) is 6.10. The number of aromatic nitrogens is 1. The molecule has 1 aliphatic rings. The molecule has 0 bridgehead atoms. The van der Waals surface area contributed by atoms with Crippen molar-refractivity contribution in [2.24, 2.45) is 4.99 Å². The number of nitrogens with one attached hydrogen (secondary N) is 2. The molecule has 2 heterocycles. The van der Waals surface area contributed by atoms with Gasteiger partial charge in [0.05, 0.1) is 27.6 Å². The van der Waals surface area contributed by atoms with Gasteiger partial charge in [-0.1, -0.05) is 35.9 Å². The number of thioether (sulfide) groups is 1. The van der Waals surface area contributed by atoms with Crippen molar-refractivity contribution < 1.29 is 14.0 Å². The van der Waals surface area contributed by atoms with Crippen molar-refractivity contribution in [1.29, 1.82) is 0 Å². The van der Waals surface area contributed by atoms with Crippen molar-refractivity contribution in [3.63, 3.8) is 0 Å². The number of pyridine rings is 1. The molecule has 2 N–H and O–H groups in total.